The standard InChI is InChI=1S/C15H21N3.BrH/c1-4-5-7-17-13-9-11(2)12(3)10-14(13)18-8-6-16-15(17)18;/h9-10H,4-8H2,1-3H3;1H. The van der Waals surface area contributed by atoms with E-state index in [1.54, 1.807) is 0 Å². The molecule has 0 radical (unpaired) electrons. The fourth-order valence-corrected chi connectivity index (χ4v) is 2.76. The number of guanidine groups is 1. The second kappa shape index (κ2) is 5.53. The lowest BCUT2D eigenvalue weighted by molar-refractivity contribution is 0.797. The summed E-state index contributed by atoms with van der Waals surface area (Å²) in [5, 5.41) is 0. The molecule has 0 spiro atoms. The first-order chi connectivity index (χ1) is 8.72. The number of halogens is 1. The number of aryl methyl sites for hydroxylation is 2. The summed E-state index contributed by atoms with van der Waals surface area (Å²) in [6.07, 6.45) is 2.45. The van der Waals surface area contributed by atoms with Gasteiger partial charge in [-0.1, -0.05) is 13.3 Å². The number of rotatable bonds is 3. The van der Waals surface area contributed by atoms with Crippen molar-refractivity contribution in [1.29, 1.82) is 0 Å². The highest BCUT2D eigenvalue weighted by atomic mass is 79.9. The predicted octanol–water partition coefficient (Wildman–Crippen LogP) is 3.68. The molecule has 19 heavy (non-hydrogen) atoms. The zero-order chi connectivity index (χ0) is 12.7. The van der Waals surface area contributed by atoms with Crippen LogP contribution >= 0.6 is 17.0 Å². The molecular formula is C15H22BrN3. The van der Waals surface area contributed by atoms with E-state index >= 15 is 0 Å². The molecule has 4 heteroatoms. The van der Waals surface area contributed by atoms with Crippen molar-refractivity contribution in [2.45, 2.75) is 33.6 Å². The van der Waals surface area contributed by atoms with E-state index in [2.05, 4.69) is 47.7 Å². The summed E-state index contributed by atoms with van der Waals surface area (Å²) in [5.74, 6) is 1.17. The summed E-state index contributed by atoms with van der Waals surface area (Å²) in [7, 11) is 0. The third-order valence-corrected chi connectivity index (χ3v) is 3.97. The number of aliphatic imine (C=N–C) groups is 1. The molecule has 3 rings (SSSR count). The fourth-order valence-electron chi connectivity index (χ4n) is 2.76. The lowest BCUT2D eigenvalue weighted by Gasteiger charge is -2.19. The van der Waals surface area contributed by atoms with Gasteiger partial charge in [0, 0.05) is 13.1 Å². The Labute approximate surface area is 126 Å². The average Bonchev–Trinajstić information content (AvgIpc) is 2.90. The predicted molar refractivity (Wildman–Crippen MR) is 88.1 cm³/mol. The van der Waals surface area contributed by atoms with Gasteiger partial charge in [0.2, 0.25) is 5.96 Å². The normalized spacial score (nSPS) is 16.1. The van der Waals surface area contributed by atoms with Crippen LogP contribution in [0.4, 0.5) is 11.4 Å². The second-order valence-electron chi connectivity index (χ2n) is 5.26. The van der Waals surface area contributed by atoms with Crippen molar-refractivity contribution in [2.24, 2.45) is 4.99 Å². The van der Waals surface area contributed by atoms with E-state index in [1.165, 1.54) is 41.3 Å². The smallest absolute Gasteiger partial charge is 0.205 e. The molecule has 1 aromatic carbocycles. The van der Waals surface area contributed by atoms with Crippen LogP contribution in [0, 0.1) is 13.8 Å². The van der Waals surface area contributed by atoms with Crippen molar-refractivity contribution in [3.8, 4) is 0 Å². The Kier molecular flexibility index (Phi) is 4.19. The summed E-state index contributed by atoms with van der Waals surface area (Å²) in [4.78, 5) is 9.45. The van der Waals surface area contributed by atoms with Crippen LogP contribution in [0.25, 0.3) is 0 Å². The molecule has 0 amide bonds. The molecule has 0 saturated carbocycles. The van der Waals surface area contributed by atoms with Crippen LogP contribution in [-0.2, 0) is 0 Å². The van der Waals surface area contributed by atoms with Crippen LogP contribution < -0.4 is 9.80 Å². The molecule has 0 saturated heterocycles. The third-order valence-electron chi connectivity index (χ3n) is 3.97. The van der Waals surface area contributed by atoms with Gasteiger partial charge in [0.25, 0.3) is 0 Å². The average molecular weight is 324 g/mol. The minimum atomic E-state index is 0. The van der Waals surface area contributed by atoms with Crippen molar-refractivity contribution in [1.82, 2.24) is 0 Å². The number of hydrogen-bond donors (Lipinski definition) is 0. The first-order valence-corrected chi connectivity index (χ1v) is 6.93. The van der Waals surface area contributed by atoms with E-state index in [9.17, 15) is 0 Å². The summed E-state index contributed by atoms with van der Waals surface area (Å²) < 4.78 is 0. The zero-order valence-electron chi connectivity index (χ0n) is 11.9. The largest absolute Gasteiger partial charge is 0.310 e. The van der Waals surface area contributed by atoms with Gasteiger partial charge in [-0.3, -0.25) is 4.99 Å². The van der Waals surface area contributed by atoms with Gasteiger partial charge in [-0.25, -0.2) is 0 Å². The van der Waals surface area contributed by atoms with Crippen LogP contribution in [0.3, 0.4) is 0 Å². The molecule has 3 nitrogen and oxygen atoms in total. The first-order valence-electron chi connectivity index (χ1n) is 6.93. The molecular weight excluding hydrogens is 302 g/mol. The van der Waals surface area contributed by atoms with Crippen molar-refractivity contribution < 1.29 is 0 Å². The lowest BCUT2D eigenvalue weighted by Crippen LogP contribution is -2.35. The van der Waals surface area contributed by atoms with Gasteiger partial charge in [0.05, 0.1) is 17.9 Å². The fraction of sp³-hybridized carbons (Fsp3) is 0.533. The maximum absolute atomic E-state index is 4.67. The minimum Gasteiger partial charge on any atom is -0.310 e. The van der Waals surface area contributed by atoms with Crippen LogP contribution in [0.1, 0.15) is 30.9 Å². The molecule has 2 aliphatic rings. The maximum atomic E-state index is 4.67. The number of unbranched alkanes of at least 4 members (excludes halogenated alkanes) is 1. The summed E-state index contributed by atoms with van der Waals surface area (Å²) in [6.45, 7) is 9.68. The first kappa shape index (κ1) is 14.4. The van der Waals surface area contributed by atoms with Crippen LogP contribution in [0.15, 0.2) is 17.1 Å². The number of benzene rings is 1. The van der Waals surface area contributed by atoms with E-state index in [1.807, 2.05) is 0 Å². The topological polar surface area (TPSA) is 18.8 Å². The highest BCUT2D eigenvalue weighted by Gasteiger charge is 2.35. The number of fused-ring (bicyclic) bond motifs is 3. The lowest BCUT2D eigenvalue weighted by atomic mass is 10.1. The minimum absolute atomic E-state index is 0. The van der Waals surface area contributed by atoms with E-state index in [0.29, 0.717) is 0 Å². The highest BCUT2D eigenvalue weighted by molar-refractivity contribution is 8.93. The molecule has 0 atom stereocenters. The van der Waals surface area contributed by atoms with Gasteiger partial charge in [0.15, 0.2) is 0 Å². The monoisotopic (exact) mass is 323 g/mol. The van der Waals surface area contributed by atoms with Gasteiger partial charge >= 0.3 is 0 Å². The molecule has 0 fully saturated rings. The Bertz CT molecular complexity index is 510. The Morgan fingerprint density at radius 2 is 1.84 bits per heavy atom. The molecule has 0 aromatic heterocycles. The van der Waals surface area contributed by atoms with Gasteiger partial charge in [-0.15, -0.1) is 17.0 Å². The van der Waals surface area contributed by atoms with Gasteiger partial charge in [-0.05, 0) is 43.5 Å². The Morgan fingerprint density at radius 1 is 1.16 bits per heavy atom. The summed E-state index contributed by atoms with van der Waals surface area (Å²) in [6, 6.07) is 4.64. The summed E-state index contributed by atoms with van der Waals surface area (Å²) in [5.41, 5.74) is 5.45. The van der Waals surface area contributed by atoms with E-state index in [0.717, 1.165) is 19.6 Å². The molecule has 0 aliphatic carbocycles. The molecule has 2 aliphatic heterocycles. The van der Waals surface area contributed by atoms with Crippen molar-refractivity contribution >= 4 is 34.3 Å². The van der Waals surface area contributed by atoms with Gasteiger partial charge in [0.1, 0.15) is 0 Å². The quantitative estimate of drug-likeness (QED) is 0.845. The van der Waals surface area contributed by atoms with E-state index in [4.69, 9.17) is 0 Å². The van der Waals surface area contributed by atoms with E-state index < -0.39 is 0 Å². The molecule has 0 bridgehead atoms. The van der Waals surface area contributed by atoms with Crippen molar-refractivity contribution in [3.05, 3.63) is 23.3 Å². The van der Waals surface area contributed by atoms with Crippen LogP contribution in [0.5, 0.6) is 0 Å². The SMILES string of the molecule is Br.CCCCN1C2=NCCN2c2cc(C)c(C)cc21. The highest BCUT2D eigenvalue weighted by Crippen LogP contribution is 2.40. The summed E-state index contributed by atoms with van der Waals surface area (Å²) >= 11 is 0. The second-order valence-corrected chi connectivity index (χ2v) is 5.26. The van der Waals surface area contributed by atoms with E-state index in [-0.39, 0.29) is 17.0 Å². The van der Waals surface area contributed by atoms with Gasteiger partial charge in [-0.2, -0.15) is 0 Å². The maximum Gasteiger partial charge on any atom is 0.205 e. The molecule has 0 unspecified atom stereocenters. The van der Waals surface area contributed by atoms with Crippen molar-refractivity contribution in [2.75, 3.05) is 29.4 Å². The third kappa shape index (κ3) is 2.27. The number of anilines is 2. The Morgan fingerprint density at radius 3 is 2.53 bits per heavy atom. The zero-order valence-corrected chi connectivity index (χ0v) is 13.7. The molecule has 2 heterocycles. The Hall–Kier alpha value is -1.03. The molecule has 1 aromatic rings. The van der Waals surface area contributed by atoms with Gasteiger partial charge < -0.3 is 9.80 Å². The van der Waals surface area contributed by atoms with Crippen LogP contribution in [-0.4, -0.2) is 25.6 Å². The van der Waals surface area contributed by atoms with Crippen LogP contribution in [0.2, 0.25) is 0 Å². The van der Waals surface area contributed by atoms with Crippen molar-refractivity contribution in [3.63, 3.8) is 0 Å². The number of nitrogens with zero attached hydrogens (tertiary/aromatic N) is 3. The Balaban J connectivity index is 0.00000133. The number of hydrogen-bond acceptors (Lipinski definition) is 3. The molecule has 104 valence electrons. The molecule has 0 N–H and O–H groups in total.